The fraction of sp³-hybridized carbons (Fsp3) is 0.750. The molecule has 0 heterocycles. The molecule has 2 heteroatoms. The Morgan fingerprint density at radius 2 is 2.30 bits per heavy atom. The number of nitrogens with two attached hydrogens (primary N) is 1. The van der Waals surface area contributed by atoms with Crippen LogP contribution in [0.5, 0.6) is 0 Å². The lowest BCUT2D eigenvalue weighted by Crippen LogP contribution is -1.95. The van der Waals surface area contributed by atoms with E-state index < -0.39 is 0 Å². The van der Waals surface area contributed by atoms with Gasteiger partial charge in [-0.2, -0.15) is 0 Å². The van der Waals surface area contributed by atoms with Gasteiger partial charge in [0.05, 0.1) is 12.9 Å². The normalized spacial score (nSPS) is 10.6. The second-order valence-corrected chi connectivity index (χ2v) is 2.17. The Morgan fingerprint density at radius 1 is 1.50 bits per heavy atom. The monoisotopic (exact) mass is 143 g/mol. The first kappa shape index (κ1) is 9.50. The van der Waals surface area contributed by atoms with Crippen molar-refractivity contribution in [2.24, 2.45) is 5.73 Å². The van der Waals surface area contributed by atoms with Gasteiger partial charge in [0.2, 0.25) is 0 Å². The molecule has 0 aliphatic heterocycles. The third-order valence-electron chi connectivity index (χ3n) is 1.14. The topological polar surface area (TPSA) is 35.2 Å². The highest BCUT2D eigenvalue weighted by molar-refractivity contribution is 4.73. The van der Waals surface area contributed by atoms with Crippen molar-refractivity contribution >= 4 is 0 Å². The Labute approximate surface area is 63.1 Å². The first-order valence-electron chi connectivity index (χ1n) is 3.88. The molecule has 0 aliphatic carbocycles. The molecule has 0 radical (unpaired) electrons. The largest absolute Gasteiger partial charge is 0.502 e. The van der Waals surface area contributed by atoms with Gasteiger partial charge in [0.25, 0.3) is 0 Å². The van der Waals surface area contributed by atoms with E-state index in [0.717, 1.165) is 19.4 Å². The molecule has 0 spiro atoms. The van der Waals surface area contributed by atoms with E-state index in [1.807, 2.05) is 6.08 Å². The van der Waals surface area contributed by atoms with E-state index in [4.69, 9.17) is 10.5 Å². The van der Waals surface area contributed by atoms with Gasteiger partial charge in [0.1, 0.15) is 0 Å². The van der Waals surface area contributed by atoms with E-state index in [0.29, 0.717) is 6.54 Å². The van der Waals surface area contributed by atoms with Gasteiger partial charge in [-0.3, -0.25) is 0 Å². The number of unbranched alkanes of at least 4 members (excludes halogenated alkanes) is 1. The third-order valence-corrected chi connectivity index (χ3v) is 1.14. The van der Waals surface area contributed by atoms with Gasteiger partial charge in [0.15, 0.2) is 0 Å². The van der Waals surface area contributed by atoms with Crippen LogP contribution in [0.2, 0.25) is 0 Å². The van der Waals surface area contributed by atoms with Crippen molar-refractivity contribution in [1.29, 1.82) is 0 Å². The van der Waals surface area contributed by atoms with Crippen LogP contribution in [-0.4, -0.2) is 13.2 Å². The van der Waals surface area contributed by atoms with E-state index in [1.54, 1.807) is 6.26 Å². The van der Waals surface area contributed by atoms with Crippen LogP contribution in [0.3, 0.4) is 0 Å². The average Bonchev–Trinajstić information content (AvgIpc) is 1.97. The Morgan fingerprint density at radius 3 is 2.90 bits per heavy atom. The number of rotatable bonds is 6. The van der Waals surface area contributed by atoms with Crippen LogP contribution < -0.4 is 5.73 Å². The summed E-state index contributed by atoms with van der Waals surface area (Å²) >= 11 is 0. The van der Waals surface area contributed by atoms with Gasteiger partial charge < -0.3 is 10.5 Å². The molecule has 0 aromatic carbocycles. The smallest absolute Gasteiger partial charge is 0.0873 e. The summed E-state index contributed by atoms with van der Waals surface area (Å²) in [5.41, 5.74) is 5.26. The van der Waals surface area contributed by atoms with Gasteiger partial charge in [0, 0.05) is 0 Å². The molecule has 0 amide bonds. The molecule has 0 saturated heterocycles. The van der Waals surface area contributed by atoms with Gasteiger partial charge in [-0.05, 0) is 25.5 Å². The van der Waals surface area contributed by atoms with Crippen LogP contribution in [0.4, 0.5) is 0 Å². The van der Waals surface area contributed by atoms with Crippen molar-refractivity contribution in [2.75, 3.05) is 13.2 Å². The molecule has 10 heavy (non-hydrogen) atoms. The second-order valence-electron chi connectivity index (χ2n) is 2.17. The minimum absolute atomic E-state index is 0.702. The highest BCUT2D eigenvalue weighted by Crippen LogP contribution is 1.88. The maximum atomic E-state index is 5.26. The van der Waals surface area contributed by atoms with Crippen LogP contribution in [0.15, 0.2) is 12.3 Å². The lowest BCUT2D eigenvalue weighted by atomic mass is 10.4. The highest BCUT2D eigenvalue weighted by Gasteiger charge is 1.79. The van der Waals surface area contributed by atoms with Crippen molar-refractivity contribution in [3.63, 3.8) is 0 Å². The van der Waals surface area contributed by atoms with Gasteiger partial charge in [-0.1, -0.05) is 13.3 Å². The quantitative estimate of drug-likeness (QED) is 0.453. The predicted molar refractivity (Wildman–Crippen MR) is 43.7 cm³/mol. The number of ether oxygens (including phenoxy) is 1. The van der Waals surface area contributed by atoms with E-state index in [-0.39, 0.29) is 0 Å². The van der Waals surface area contributed by atoms with E-state index in [9.17, 15) is 0 Å². The molecule has 2 N–H and O–H groups in total. The van der Waals surface area contributed by atoms with E-state index in [1.165, 1.54) is 6.42 Å². The predicted octanol–water partition coefficient (Wildman–Crippen LogP) is 1.67. The Bertz CT molecular complexity index is 81.3. The zero-order chi connectivity index (χ0) is 7.66. The highest BCUT2D eigenvalue weighted by atomic mass is 16.5. The maximum Gasteiger partial charge on any atom is 0.0873 e. The van der Waals surface area contributed by atoms with Crippen molar-refractivity contribution < 1.29 is 4.74 Å². The Balaban J connectivity index is 2.88. The van der Waals surface area contributed by atoms with Crippen molar-refractivity contribution in [2.45, 2.75) is 26.2 Å². The first-order chi connectivity index (χ1) is 4.91. The van der Waals surface area contributed by atoms with E-state index >= 15 is 0 Å². The average molecular weight is 143 g/mol. The van der Waals surface area contributed by atoms with Gasteiger partial charge in [-0.25, -0.2) is 0 Å². The van der Waals surface area contributed by atoms with Crippen LogP contribution in [0.1, 0.15) is 26.2 Å². The fourth-order valence-corrected chi connectivity index (χ4v) is 0.528. The molecule has 0 aromatic rings. The molecule has 0 bridgehead atoms. The summed E-state index contributed by atoms with van der Waals surface area (Å²) in [6, 6.07) is 0. The molecule has 0 aromatic heterocycles. The summed E-state index contributed by atoms with van der Waals surface area (Å²) in [6.07, 6.45) is 6.92. The Hall–Kier alpha value is -0.500. The molecule has 0 aliphatic rings. The summed E-state index contributed by atoms with van der Waals surface area (Å²) in [7, 11) is 0. The number of hydrogen-bond donors (Lipinski definition) is 1. The molecular weight excluding hydrogens is 126 g/mol. The lowest BCUT2D eigenvalue weighted by Gasteiger charge is -1.96. The second kappa shape index (κ2) is 8.50. The summed E-state index contributed by atoms with van der Waals surface area (Å²) in [4.78, 5) is 0. The van der Waals surface area contributed by atoms with Crippen molar-refractivity contribution in [3.8, 4) is 0 Å². The van der Waals surface area contributed by atoms with Crippen LogP contribution >= 0.6 is 0 Å². The standard InChI is InChI=1S/C8H17NO/c1-2-3-7-10-8-5-4-6-9/h5,8H,2-4,6-7,9H2,1H3. The SMILES string of the molecule is CCCCOC=CCCN. The summed E-state index contributed by atoms with van der Waals surface area (Å²) < 4.78 is 5.14. The first-order valence-corrected chi connectivity index (χ1v) is 3.88. The number of hydrogen-bond acceptors (Lipinski definition) is 2. The summed E-state index contributed by atoms with van der Waals surface area (Å²) in [5.74, 6) is 0. The zero-order valence-electron chi connectivity index (χ0n) is 6.68. The van der Waals surface area contributed by atoms with Crippen LogP contribution in [-0.2, 0) is 4.74 Å². The molecule has 0 atom stereocenters. The third kappa shape index (κ3) is 7.50. The van der Waals surface area contributed by atoms with Crippen LogP contribution in [0.25, 0.3) is 0 Å². The van der Waals surface area contributed by atoms with E-state index in [2.05, 4.69) is 6.92 Å². The zero-order valence-corrected chi connectivity index (χ0v) is 6.68. The minimum Gasteiger partial charge on any atom is -0.502 e. The lowest BCUT2D eigenvalue weighted by molar-refractivity contribution is 0.243. The summed E-state index contributed by atoms with van der Waals surface area (Å²) in [6.45, 7) is 3.68. The summed E-state index contributed by atoms with van der Waals surface area (Å²) in [5, 5.41) is 0. The Kier molecular flexibility index (Phi) is 8.07. The maximum absolute atomic E-state index is 5.26. The minimum atomic E-state index is 0.702. The molecule has 2 nitrogen and oxygen atoms in total. The fourth-order valence-electron chi connectivity index (χ4n) is 0.528. The molecule has 0 unspecified atom stereocenters. The van der Waals surface area contributed by atoms with Gasteiger partial charge >= 0.3 is 0 Å². The molecule has 60 valence electrons. The molecule has 0 fully saturated rings. The molecule has 0 rings (SSSR count). The molecule has 0 saturated carbocycles. The van der Waals surface area contributed by atoms with Gasteiger partial charge in [-0.15, -0.1) is 0 Å². The molecular formula is C8H17NO. The van der Waals surface area contributed by atoms with Crippen LogP contribution in [0, 0.1) is 0 Å². The van der Waals surface area contributed by atoms with Crippen molar-refractivity contribution in [3.05, 3.63) is 12.3 Å². The van der Waals surface area contributed by atoms with Crippen molar-refractivity contribution in [1.82, 2.24) is 0 Å².